The second-order valence-corrected chi connectivity index (χ2v) is 4.85. The van der Waals surface area contributed by atoms with E-state index >= 15 is 0 Å². The van der Waals surface area contributed by atoms with Gasteiger partial charge in [0.1, 0.15) is 5.69 Å². The van der Waals surface area contributed by atoms with Crippen LogP contribution in [0.4, 0.5) is 11.4 Å². The Morgan fingerprint density at radius 2 is 2.39 bits per heavy atom. The van der Waals surface area contributed by atoms with Crippen LogP contribution in [0.25, 0.3) is 0 Å². The lowest BCUT2D eigenvalue weighted by molar-refractivity contribution is -0.384. The summed E-state index contributed by atoms with van der Waals surface area (Å²) in [4.78, 5) is 10.6. The first-order valence-electron chi connectivity index (χ1n) is 6.36. The molecule has 0 radical (unpaired) electrons. The third kappa shape index (κ3) is 3.20. The van der Waals surface area contributed by atoms with Gasteiger partial charge in [-0.2, -0.15) is 0 Å². The number of aryl methyl sites for hydroxylation is 1. The van der Waals surface area contributed by atoms with E-state index in [-0.39, 0.29) is 10.6 Å². The zero-order valence-corrected chi connectivity index (χ0v) is 10.6. The summed E-state index contributed by atoms with van der Waals surface area (Å²) in [5.41, 5.74) is 1.70. The lowest BCUT2D eigenvalue weighted by atomic mass is 10.1. The van der Waals surface area contributed by atoms with E-state index in [1.807, 2.05) is 13.0 Å². The molecule has 0 saturated carbocycles. The summed E-state index contributed by atoms with van der Waals surface area (Å²) in [7, 11) is 0. The Hall–Kier alpha value is -1.62. The molecular weight excluding hydrogens is 230 g/mol. The van der Waals surface area contributed by atoms with Crippen molar-refractivity contribution in [3.05, 3.63) is 33.9 Å². The number of anilines is 1. The molecule has 1 aliphatic rings. The Bertz CT molecular complexity index is 428. The highest BCUT2D eigenvalue weighted by Gasteiger charge is 2.16. The molecule has 5 heteroatoms. The summed E-state index contributed by atoms with van der Waals surface area (Å²) < 4.78 is 0. The van der Waals surface area contributed by atoms with Gasteiger partial charge >= 0.3 is 0 Å². The number of nitro groups is 1. The minimum absolute atomic E-state index is 0.166. The topological polar surface area (TPSA) is 67.2 Å². The van der Waals surface area contributed by atoms with Crippen LogP contribution in [-0.4, -0.2) is 24.6 Å². The quantitative estimate of drug-likeness (QED) is 0.620. The molecule has 0 amide bonds. The average Bonchev–Trinajstić information content (AvgIpc) is 2.84. The first-order chi connectivity index (χ1) is 8.66. The van der Waals surface area contributed by atoms with E-state index in [4.69, 9.17) is 0 Å². The predicted molar refractivity (Wildman–Crippen MR) is 71.9 cm³/mol. The van der Waals surface area contributed by atoms with Crippen molar-refractivity contribution in [2.75, 3.05) is 25.0 Å². The Morgan fingerprint density at radius 3 is 3.06 bits per heavy atom. The van der Waals surface area contributed by atoms with Crippen molar-refractivity contribution >= 4 is 11.4 Å². The minimum atomic E-state index is -0.327. The molecule has 1 heterocycles. The van der Waals surface area contributed by atoms with Gasteiger partial charge in [-0.05, 0) is 50.4 Å². The van der Waals surface area contributed by atoms with Crippen LogP contribution >= 0.6 is 0 Å². The molecule has 5 nitrogen and oxygen atoms in total. The third-order valence-corrected chi connectivity index (χ3v) is 3.38. The van der Waals surface area contributed by atoms with Gasteiger partial charge in [0.15, 0.2) is 0 Å². The van der Waals surface area contributed by atoms with Crippen LogP contribution in [0.5, 0.6) is 0 Å². The van der Waals surface area contributed by atoms with Crippen LogP contribution in [-0.2, 0) is 0 Å². The number of nitrogens with zero attached hydrogens (tertiary/aromatic N) is 1. The smallest absolute Gasteiger partial charge is 0.292 e. The molecule has 0 bridgehead atoms. The molecule has 0 aromatic heterocycles. The molecule has 98 valence electrons. The van der Waals surface area contributed by atoms with Crippen molar-refractivity contribution in [1.82, 2.24) is 5.32 Å². The summed E-state index contributed by atoms with van der Waals surface area (Å²) in [6.07, 6.45) is 2.26. The molecule has 1 atom stereocenters. The molecule has 18 heavy (non-hydrogen) atoms. The molecule has 1 fully saturated rings. The van der Waals surface area contributed by atoms with Crippen LogP contribution in [0.2, 0.25) is 0 Å². The van der Waals surface area contributed by atoms with Gasteiger partial charge in [-0.1, -0.05) is 6.07 Å². The highest BCUT2D eigenvalue weighted by atomic mass is 16.6. The van der Waals surface area contributed by atoms with Gasteiger partial charge in [-0.25, -0.2) is 0 Å². The molecule has 1 aromatic carbocycles. The van der Waals surface area contributed by atoms with Gasteiger partial charge < -0.3 is 10.6 Å². The van der Waals surface area contributed by atoms with Gasteiger partial charge in [-0.3, -0.25) is 10.1 Å². The molecule has 2 N–H and O–H groups in total. The van der Waals surface area contributed by atoms with Gasteiger partial charge in [0, 0.05) is 12.6 Å². The van der Waals surface area contributed by atoms with E-state index in [0.29, 0.717) is 11.6 Å². The van der Waals surface area contributed by atoms with Crippen molar-refractivity contribution in [1.29, 1.82) is 0 Å². The number of nitrogens with one attached hydrogen (secondary N) is 2. The monoisotopic (exact) mass is 249 g/mol. The Morgan fingerprint density at radius 1 is 1.56 bits per heavy atom. The van der Waals surface area contributed by atoms with Crippen molar-refractivity contribution in [3.8, 4) is 0 Å². The Kier molecular flexibility index (Phi) is 4.15. The zero-order valence-electron chi connectivity index (χ0n) is 10.6. The summed E-state index contributed by atoms with van der Waals surface area (Å²) in [5.74, 6) is 0.696. The van der Waals surface area contributed by atoms with Gasteiger partial charge in [-0.15, -0.1) is 0 Å². The lowest BCUT2D eigenvalue weighted by Gasteiger charge is -2.10. The maximum absolute atomic E-state index is 10.9. The normalized spacial score (nSPS) is 18.8. The van der Waals surface area contributed by atoms with Crippen molar-refractivity contribution in [3.63, 3.8) is 0 Å². The third-order valence-electron chi connectivity index (χ3n) is 3.38. The molecule has 0 aliphatic carbocycles. The van der Waals surface area contributed by atoms with Crippen LogP contribution in [0.15, 0.2) is 18.2 Å². The number of benzene rings is 1. The summed E-state index contributed by atoms with van der Waals surface area (Å²) in [6.45, 7) is 4.81. The molecule has 1 unspecified atom stereocenters. The summed E-state index contributed by atoms with van der Waals surface area (Å²) >= 11 is 0. The number of hydrogen-bond acceptors (Lipinski definition) is 4. The van der Waals surface area contributed by atoms with Gasteiger partial charge in [0.05, 0.1) is 4.92 Å². The molecular formula is C13H19N3O2. The van der Waals surface area contributed by atoms with Crippen LogP contribution in [0.1, 0.15) is 18.4 Å². The highest BCUT2D eigenvalue weighted by molar-refractivity contribution is 5.62. The number of nitro benzene ring substituents is 1. The molecule has 0 spiro atoms. The average molecular weight is 249 g/mol. The zero-order chi connectivity index (χ0) is 13.0. The van der Waals surface area contributed by atoms with Crippen molar-refractivity contribution < 1.29 is 4.92 Å². The van der Waals surface area contributed by atoms with E-state index in [9.17, 15) is 10.1 Å². The lowest BCUT2D eigenvalue weighted by Crippen LogP contribution is -2.13. The molecule has 1 saturated heterocycles. The number of rotatable bonds is 5. The predicted octanol–water partition coefficient (Wildman–Crippen LogP) is 2.31. The van der Waals surface area contributed by atoms with Crippen LogP contribution in [0.3, 0.4) is 0 Å². The fraction of sp³-hybridized carbons (Fsp3) is 0.538. The van der Waals surface area contributed by atoms with Gasteiger partial charge in [0.25, 0.3) is 5.69 Å². The van der Waals surface area contributed by atoms with Crippen LogP contribution in [0, 0.1) is 23.0 Å². The standard InChI is InChI=1S/C13H19N3O2/c1-10-2-3-12(13(8-10)16(17)18)15-7-5-11-4-6-14-9-11/h2-3,8,11,14-15H,4-7,9H2,1H3. The van der Waals surface area contributed by atoms with E-state index < -0.39 is 0 Å². The van der Waals surface area contributed by atoms with E-state index in [1.165, 1.54) is 6.42 Å². The highest BCUT2D eigenvalue weighted by Crippen LogP contribution is 2.25. The second-order valence-electron chi connectivity index (χ2n) is 4.85. The van der Waals surface area contributed by atoms with Crippen molar-refractivity contribution in [2.45, 2.75) is 19.8 Å². The minimum Gasteiger partial charge on any atom is -0.379 e. The number of hydrogen-bond donors (Lipinski definition) is 2. The fourth-order valence-corrected chi connectivity index (χ4v) is 2.31. The second kappa shape index (κ2) is 5.82. The Balaban J connectivity index is 1.93. The first kappa shape index (κ1) is 12.8. The summed E-state index contributed by atoms with van der Waals surface area (Å²) in [5, 5.41) is 17.5. The van der Waals surface area contributed by atoms with Gasteiger partial charge in [0.2, 0.25) is 0 Å². The maximum Gasteiger partial charge on any atom is 0.292 e. The maximum atomic E-state index is 10.9. The summed E-state index contributed by atoms with van der Waals surface area (Å²) in [6, 6.07) is 5.30. The van der Waals surface area contributed by atoms with Crippen LogP contribution < -0.4 is 10.6 Å². The molecule has 1 aliphatic heterocycles. The fourth-order valence-electron chi connectivity index (χ4n) is 2.31. The molecule has 2 rings (SSSR count). The first-order valence-corrected chi connectivity index (χ1v) is 6.36. The van der Waals surface area contributed by atoms with E-state index in [2.05, 4.69) is 10.6 Å². The Labute approximate surface area is 107 Å². The SMILES string of the molecule is Cc1ccc(NCCC2CCNC2)c([N+](=O)[O-])c1. The van der Waals surface area contributed by atoms with E-state index in [1.54, 1.807) is 12.1 Å². The van der Waals surface area contributed by atoms with Crippen molar-refractivity contribution in [2.24, 2.45) is 5.92 Å². The largest absolute Gasteiger partial charge is 0.379 e. The van der Waals surface area contributed by atoms with E-state index in [0.717, 1.165) is 31.6 Å². The molecule has 1 aromatic rings.